The number of amides is 1. The van der Waals surface area contributed by atoms with Gasteiger partial charge in [0.05, 0.1) is 24.4 Å². The number of hydrogen-bond acceptors (Lipinski definition) is 5. The summed E-state index contributed by atoms with van der Waals surface area (Å²) in [5.41, 5.74) is 0.721. The Labute approximate surface area is 144 Å². The van der Waals surface area contributed by atoms with Crippen LogP contribution in [0.2, 0.25) is 0 Å². The molecule has 0 aliphatic carbocycles. The molecule has 0 aromatic carbocycles. The van der Waals surface area contributed by atoms with Crippen molar-refractivity contribution < 1.29 is 22.7 Å². The van der Waals surface area contributed by atoms with Gasteiger partial charge in [-0.1, -0.05) is 0 Å². The molecular formula is C16H21F3N4O2. The van der Waals surface area contributed by atoms with Gasteiger partial charge < -0.3 is 14.5 Å². The van der Waals surface area contributed by atoms with Gasteiger partial charge in [0.25, 0.3) is 5.91 Å². The van der Waals surface area contributed by atoms with Gasteiger partial charge in [-0.2, -0.15) is 13.2 Å². The lowest BCUT2D eigenvalue weighted by Crippen LogP contribution is -2.51. The fourth-order valence-electron chi connectivity index (χ4n) is 3.11. The molecule has 3 rings (SSSR count). The van der Waals surface area contributed by atoms with Crippen molar-refractivity contribution in [2.75, 3.05) is 37.7 Å². The second kappa shape index (κ2) is 7.15. The average Bonchev–Trinajstić information content (AvgIpc) is 2.61. The number of piperidine rings is 1. The largest absolute Gasteiger partial charge is 0.416 e. The average molecular weight is 358 g/mol. The van der Waals surface area contributed by atoms with Crippen LogP contribution >= 0.6 is 0 Å². The Balaban J connectivity index is 1.73. The number of morpholine rings is 1. The van der Waals surface area contributed by atoms with Crippen LogP contribution in [0, 0.1) is 6.92 Å². The number of rotatable bonds is 2. The lowest BCUT2D eigenvalue weighted by atomic mass is 10.1. The van der Waals surface area contributed by atoms with E-state index >= 15 is 0 Å². The van der Waals surface area contributed by atoms with Crippen LogP contribution in [0.4, 0.5) is 19.1 Å². The summed E-state index contributed by atoms with van der Waals surface area (Å²) in [5, 5.41) is 0. The summed E-state index contributed by atoms with van der Waals surface area (Å²) in [6, 6.07) is 0. The minimum Gasteiger partial charge on any atom is -0.365 e. The van der Waals surface area contributed by atoms with Crippen molar-refractivity contribution in [1.29, 1.82) is 0 Å². The monoisotopic (exact) mass is 358 g/mol. The smallest absolute Gasteiger partial charge is 0.365 e. The van der Waals surface area contributed by atoms with E-state index < -0.39 is 24.7 Å². The Morgan fingerprint density at radius 1 is 1.24 bits per heavy atom. The molecule has 3 heterocycles. The number of hydrogen-bond donors (Lipinski definition) is 0. The molecule has 1 atom stereocenters. The number of ether oxygens (including phenoxy) is 1. The van der Waals surface area contributed by atoms with E-state index in [1.807, 2.05) is 0 Å². The van der Waals surface area contributed by atoms with E-state index in [0.717, 1.165) is 30.8 Å². The predicted octanol–water partition coefficient (Wildman–Crippen LogP) is 2.18. The molecule has 0 N–H and O–H groups in total. The highest BCUT2D eigenvalue weighted by Crippen LogP contribution is 2.26. The van der Waals surface area contributed by atoms with Crippen LogP contribution < -0.4 is 4.90 Å². The first-order valence-corrected chi connectivity index (χ1v) is 8.42. The molecular weight excluding hydrogens is 337 g/mol. The zero-order valence-corrected chi connectivity index (χ0v) is 14.1. The highest BCUT2D eigenvalue weighted by Gasteiger charge is 2.44. The lowest BCUT2D eigenvalue weighted by Gasteiger charge is -2.34. The molecule has 2 aliphatic heterocycles. The van der Waals surface area contributed by atoms with E-state index in [4.69, 9.17) is 4.74 Å². The first-order chi connectivity index (χ1) is 11.9. The maximum Gasteiger partial charge on any atom is 0.416 e. The van der Waals surface area contributed by atoms with Crippen LogP contribution in [0.3, 0.4) is 0 Å². The molecule has 1 aromatic heterocycles. The highest BCUT2D eigenvalue weighted by molar-refractivity contribution is 5.95. The minimum absolute atomic E-state index is 0.124. The van der Waals surface area contributed by atoms with Crippen molar-refractivity contribution in [2.45, 2.75) is 38.5 Å². The molecule has 2 fully saturated rings. The first kappa shape index (κ1) is 17.9. The number of alkyl halides is 3. The summed E-state index contributed by atoms with van der Waals surface area (Å²) in [6.45, 7) is 2.92. The van der Waals surface area contributed by atoms with Crippen LogP contribution in [0.15, 0.2) is 6.20 Å². The molecule has 138 valence electrons. The van der Waals surface area contributed by atoms with E-state index in [1.165, 1.54) is 12.6 Å². The molecule has 1 amide bonds. The fourth-order valence-corrected chi connectivity index (χ4v) is 3.11. The summed E-state index contributed by atoms with van der Waals surface area (Å²) >= 11 is 0. The summed E-state index contributed by atoms with van der Waals surface area (Å²) in [4.78, 5) is 24.5. The normalized spacial score (nSPS) is 22.2. The Bertz CT molecular complexity index is 632. The van der Waals surface area contributed by atoms with Gasteiger partial charge in [0, 0.05) is 25.8 Å². The quantitative estimate of drug-likeness (QED) is 0.811. The molecule has 9 heteroatoms. The molecule has 1 unspecified atom stereocenters. The highest BCUT2D eigenvalue weighted by atomic mass is 19.4. The van der Waals surface area contributed by atoms with Crippen LogP contribution in [-0.4, -0.2) is 65.8 Å². The van der Waals surface area contributed by atoms with Gasteiger partial charge in [0.1, 0.15) is 0 Å². The minimum atomic E-state index is -4.48. The Kier molecular flexibility index (Phi) is 5.12. The molecule has 0 saturated carbocycles. The van der Waals surface area contributed by atoms with Crippen molar-refractivity contribution in [3.05, 3.63) is 17.5 Å². The number of carbonyl (C=O) groups is 1. The maximum atomic E-state index is 12.8. The van der Waals surface area contributed by atoms with E-state index in [0.29, 0.717) is 11.6 Å². The maximum absolute atomic E-state index is 12.8. The molecule has 0 bridgehead atoms. The van der Waals surface area contributed by atoms with E-state index in [2.05, 4.69) is 14.9 Å². The second-order valence-electron chi connectivity index (χ2n) is 6.37. The van der Waals surface area contributed by atoms with Crippen molar-refractivity contribution >= 4 is 11.9 Å². The first-order valence-electron chi connectivity index (χ1n) is 8.42. The van der Waals surface area contributed by atoms with Crippen molar-refractivity contribution in [1.82, 2.24) is 14.9 Å². The fraction of sp³-hybridized carbons (Fsp3) is 0.688. The molecule has 2 saturated heterocycles. The van der Waals surface area contributed by atoms with Crippen molar-refractivity contribution in [2.24, 2.45) is 0 Å². The molecule has 6 nitrogen and oxygen atoms in total. The predicted molar refractivity (Wildman–Crippen MR) is 84.5 cm³/mol. The van der Waals surface area contributed by atoms with Crippen LogP contribution in [0.1, 0.15) is 35.3 Å². The molecule has 1 aromatic rings. The number of aryl methyl sites for hydroxylation is 1. The number of carbonyl (C=O) groups excluding carboxylic acids is 1. The van der Waals surface area contributed by atoms with Gasteiger partial charge in [-0.05, 0) is 26.2 Å². The van der Waals surface area contributed by atoms with E-state index in [9.17, 15) is 18.0 Å². The third-order valence-electron chi connectivity index (χ3n) is 4.55. The van der Waals surface area contributed by atoms with Crippen LogP contribution in [-0.2, 0) is 4.74 Å². The second-order valence-corrected chi connectivity index (χ2v) is 6.37. The van der Waals surface area contributed by atoms with Gasteiger partial charge in [-0.25, -0.2) is 9.97 Å². The molecule has 25 heavy (non-hydrogen) atoms. The van der Waals surface area contributed by atoms with Gasteiger partial charge >= 0.3 is 6.18 Å². The van der Waals surface area contributed by atoms with Gasteiger partial charge in [0.2, 0.25) is 5.95 Å². The SMILES string of the molecule is Cc1nc(N2CCCCC2)ncc1C(=O)N1CCOC(C(F)(F)F)C1. The number of anilines is 1. The van der Waals surface area contributed by atoms with Crippen LogP contribution in [0.5, 0.6) is 0 Å². The lowest BCUT2D eigenvalue weighted by molar-refractivity contribution is -0.233. The van der Waals surface area contributed by atoms with Gasteiger partial charge in [-0.3, -0.25) is 4.79 Å². The molecule has 0 radical (unpaired) electrons. The van der Waals surface area contributed by atoms with Gasteiger partial charge in [0.15, 0.2) is 6.10 Å². The van der Waals surface area contributed by atoms with E-state index in [-0.39, 0.29) is 18.7 Å². The van der Waals surface area contributed by atoms with Gasteiger partial charge in [-0.15, -0.1) is 0 Å². The Morgan fingerprint density at radius 2 is 1.96 bits per heavy atom. The Hall–Kier alpha value is -1.90. The van der Waals surface area contributed by atoms with Crippen molar-refractivity contribution in [3.8, 4) is 0 Å². The third-order valence-corrected chi connectivity index (χ3v) is 4.55. The Morgan fingerprint density at radius 3 is 2.60 bits per heavy atom. The van der Waals surface area contributed by atoms with E-state index in [1.54, 1.807) is 6.92 Å². The molecule has 0 spiro atoms. The summed E-state index contributed by atoms with van der Waals surface area (Å²) < 4.78 is 43.2. The summed E-state index contributed by atoms with van der Waals surface area (Å²) in [7, 11) is 0. The number of aromatic nitrogens is 2. The summed E-state index contributed by atoms with van der Waals surface area (Å²) in [5.74, 6) is 0.0872. The topological polar surface area (TPSA) is 58.6 Å². The van der Waals surface area contributed by atoms with Crippen molar-refractivity contribution in [3.63, 3.8) is 0 Å². The number of nitrogens with zero attached hydrogens (tertiary/aromatic N) is 4. The molecule has 2 aliphatic rings. The van der Waals surface area contributed by atoms with Crippen LogP contribution in [0.25, 0.3) is 0 Å². The zero-order valence-electron chi connectivity index (χ0n) is 14.1. The standard InChI is InChI=1S/C16H21F3N4O2/c1-11-12(9-20-15(21-11)22-5-3-2-4-6-22)14(24)23-7-8-25-13(10-23)16(17,18)19/h9,13H,2-8,10H2,1H3. The zero-order chi connectivity index (χ0) is 18.0. The number of halogens is 3. The third kappa shape index (κ3) is 4.02. The summed E-state index contributed by atoms with van der Waals surface area (Å²) in [6.07, 6.45) is -1.66.